The van der Waals surface area contributed by atoms with E-state index < -0.39 is 0 Å². The summed E-state index contributed by atoms with van der Waals surface area (Å²) >= 11 is 0. The van der Waals surface area contributed by atoms with Crippen LogP contribution in [0.3, 0.4) is 0 Å². The first-order valence-electron chi connectivity index (χ1n) is 7.80. The SMILES string of the molecule is CCCOCc1cc(C(=O)NC2CCCC2)ccc1OC. The fourth-order valence-electron chi connectivity index (χ4n) is 2.70. The maximum atomic E-state index is 12.3. The lowest BCUT2D eigenvalue weighted by atomic mass is 10.1. The average Bonchev–Trinajstić information content (AvgIpc) is 3.00. The lowest BCUT2D eigenvalue weighted by molar-refractivity contribution is 0.0937. The van der Waals surface area contributed by atoms with Crippen LogP contribution >= 0.6 is 0 Å². The van der Waals surface area contributed by atoms with Gasteiger partial charge in [-0.2, -0.15) is 0 Å². The highest BCUT2D eigenvalue weighted by Crippen LogP contribution is 2.22. The molecule has 0 unspecified atom stereocenters. The van der Waals surface area contributed by atoms with Crippen molar-refractivity contribution in [2.75, 3.05) is 13.7 Å². The smallest absolute Gasteiger partial charge is 0.251 e. The highest BCUT2D eigenvalue weighted by atomic mass is 16.5. The molecule has 0 spiro atoms. The Morgan fingerprint density at radius 3 is 2.76 bits per heavy atom. The summed E-state index contributed by atoms with van der Waals surface area (Å²) in [4.78, 5) is 12.3. The van der Waals surface area contributed by atoms with Crippen LogP contribution in [0.15, 0.2) is 18.2 Å². The summed E-state index contributed by atoms with van der Waals surface area (Å²) in [6.45, 7) is 3.26. The number of amides is 1. The van der Waals surface area contributed by atoms with Crippen LogP contribution in [-0.2, 0) is 11.3 Å². The molecule has 1 aliphatic rings. The summed E-state index contributed by atoms with van der Waals surface area (Å²) in [6, 6.07) is 5.86. The lowest BCUT2D eigenvalue weighted by Crippen LogP contribution is -2.32. The third kappa shape index (κ3) is 4.46. The van der Waals surface area contributed by atoms with Gasteiger partial charge in [-0.1, -0.05) is 19.8 Å². The van der Waals surface area contributed by atoms with Gasteiger partial charge >= 0.3 is 0 Å². The summed E-state index contributed by atoms with van der Waals surface area (Å²) in [5, 5.41) is 3.11. The van der Waals surface area contributed by atoms with E-state index in [1.54, 1.807) is 7.11 Å². The van der Waals surface area contributed by atoms with E-state index >= 15 is 0 Å². The zero-order valence-electron chi connectivity index (χ0n) is 13.0. The molecular weight excluding hydrogens is 266 g/mol. The van der Waals surface area contributed by atoms with Gasteiger partial charge in [0.15, 0.2) is 0 Å². The summed E-state index contributed by atoms with van der Waals surface area (Å²) in [5.74, 6) is 0.768. The van der Waals surface area contributed by atoms with Gasteiger partial charge in [-0.05, 0) is 37.5 Å². The van der Waals surface area contributed by atoms with E-state index in [0.29, 0.717) is 24.8 Å². The zero-order valence-corrected chi connectivity index (χ0v) is 13.0. The molecule has 21 heavy (non-hydrogen) atoms. The topological polar surface area (TPSA) is 47.6 Å². The molecule has 1 aromatic carbocycles. The van der Waals surface area contributed by atoms with Crippen LogP contribution < -0.4 is 10.1 Å². The summed E-state index contributed by atoms with van der Waals surface area (Å²) in [5.41, 5.74) is 1.60. The van der Waals surface area contributed by atoms with Crippen molar-refractivity contribution in [1.82, 2.24) is 5.32 Å². The van der Waals surface area contributed by atoms with Crippen LogP contribution in [0.1, 0.15) is 54.9 Å². The maximum Gasteiger partial charge on any atom is 0.251 e. The molecule has 1 N–H and O–H groups in total. The Labute approximate surface area is 126 Å². The minimum absolute atomic E-state index is 0.00120. The number of methoxy groups -OCH3 is 1. The second-order valence-electron chi connectivity index (χ2n) is 5.53. The molecule has 4 heteroatoms. The van der Waals surface area contributed by atoms with Crippen molar-refractivity contribution in [3.8, 4) is 5.75 Å². The molecule has 0 atom stereocenters. The summed E-state index contributed by atoms with van der Waals surface area (Å²) in [7, 11) is 1.64. The van der Waals surface area contributed by atoms with Gasteiger partial charge in [-0.15, -0.1) is 0 Å². The van der Waals surface area contributed by atoms with Gasteiger partial charge < -0.3 is 14.8 Å². The highest BCUT2D eigenvalue weighted by Gasteiger charge is 2.18. The van der Waals surface area contributed by atoms with Crippen LogP contribution in [0.4, 0.5) is 0 Å². The van der Waals surface area contributed by atoms with Gasteiger partial charge in [-0.3, -0.25) is 4.79 Å². The first kappa shape index (κ1) is 15.8. The van der Waals surface area contributed by atoms with Gasteiger partial charge in [0.2, 0.25) is 0 Å². The van der Waals surface area contributed by atoms with Crippen molar-refractivity contribution in [2.24, 2.45) is 0 Å². The minimum atomic E-state index is 0.00120. The normalized spacial score (nSPS) is 15.1. The number of benzene rings is 1. The van der Waals surface area contributed by atoms with Crippen LogP contribution in [0.5, 0.6) is 5.75 Å². The largest absolute Gasteiger partial charge is 0.496 e. The molecule has 0 aliphatic heterocycles. The summed E-state index contributed by atoms with van der Waals surface area (Å²) in [6.07, 6.45) is 5.58. The predicted octanol–water partition coefficient (Wildman–Crippen LogP) is 3.29. The van der Waals surface area contributed by atoms with Crippen molar-refractivity contribution in [3.05, 3.63) is 29.3 Å². The number of carbonyl (C=O) groups excluding carboxylic acids is 1. The van der Waals surface area contributed by atoms with Gasteiger partial charge in [0.25, 0.3) is 5.91 Å². The molecule has 1 aromatic rings. The molecule has 1 fully saturated rings. The van der Waals surface area contributed by atoms with Crippen molar-refractivity contribution in [3.63, 3.8) is 0 Å². The fourth-order valence-corrected chi connectivity index (χ4v) is 2.70. The fraction of sp³-hybridized carbons (Fsp3) is 0.588. The van der Waals surface area contributed by atoms with E-state index in [2.05, 4.69) is 12.2 Å². The first-order chi connectivity index (χ1) is 10.2. The van der Waals surface area contributed by atoms with Gasteiger partial charge in [0.05, 0.1) is 13.7 Å². The number of hydrogen-bond acceptors (Lipinski definition) is 3. The van der Waals surface area contributed by atoms with E-state index in [1.165, 1.54) is 12.8 Å². The monoisotopic (exact) mass is 291 g/mol. The second-order valence-corrected chi connectivity index (χ2v) is 5.53. The molecular formula is C17H25NO3. The van der Waals surface area contributed by atoms with Crippen molar-refractivity contribution in [2.45, 2.75) is 51.7 Å². The summed E-state index contributed by atoms with van der Waals surface area (Å²) < 4.78 is 10.9. The van der Waals surface area contributed by atoms with Crippen LogP contribution in [-0.4, -0.2) is 25.7 Å². The van der Waals surface area contributed by atoms with Crippen LogP contribution in [0.2, 0.25) is 0 Å². The molecule has 0 radical (unpaired) electrons. The first-order valence-corrected chi connectivity index (χ1v) is 7.80. The molecule has 0 saturated heterocycles. The van der Waals surface area contributed by atoms with Crippen molar-refractivity contribution in [1.29, 1.82) is 0 Å². The second kappa shape index (κ2) is 8.03. The molecule has 2 rings (SSSR count). The zero-order chi connectivity index (χ0) is 15.1. The Bertz CT molecular complexity index is 467. The molecule has 0 heterocycles. The van der Waals surface area contributed by atoms with E-state index in [1.807, 2.05) is 18.2 Å². The molecule has 1 saturated carbocycles. The van der Waals surface area contributed by atoms with E-state index in [0.717, 1.165) is 30.6 Å². The van der Waals surface area contributed by atoms with E-state index in [-0.39, 0.29) is 5.91 Å². The van der Waals surface area contributed by atoms with E-state index in [9.17, 15) is 4.79 Å². The molecule has 116 valence electrons. The number of rotatable bonds is 7. The Morgan fingerprint density at radius 1 is 1.33 bits per heavy atom. The Kier molecular flexibility index (Phi) is 6.05. The Hall–Kier alpha value is -1.55. The number of carbonyl (C=O) groups is 1. The number of hydrogen-bond donors (Lipinski definition) is 1. The molecule has 4 nitrogen and oxygen atoms in total. The third-order valence-corrected chi connectivity index (χ3v) is 3.84. The average molecular weight is 291 g/mol. The highest BCUT2D eigenvalue weighted by molar-refractivity contribution is 5.94. The third-order valence-electron chi connectivity index (χ3n) is 3.84. The van der Waals surface area contributed by atoms with Crippen molar-refractivity contribution < 1.29 is 14.3 Å². The molecule has 0 aromatic heterocycles. The van der Waals surface area contributed by atoms with E-state index in [4.69, 9.17) is 9.47 Å². The Morgan fingerprint density at radius 2 is 2.10 bits per heavy atom. The molecule has 1 amide bonds. The number of ether oxygens (including phenoxy) is 2. The lowest BCUT2D eigenvalue weighted by Gasteiger charge is -2.14. The van der Waals surface area contributed by atoms with Gasteiger partial charge in [0.1, 0.15) is 5.75 Å². The molecule has 1 aliphatic carbocycles. The maximum absolute atomic E-state index is 12.3. The Balaban J connectivity index is 2.04. The standard InChI is InChI=1S/C17H25NO3/c1-3-10-21-12-14-11-13(8-9-16(14)20-2)17(19)18-15-6-4-5-7-15/h8-9,11,15H,3-7,10,12H2,1-2H3,(H,18,19). The minimum Gasteiger partial charge on any atom is -0.496 e. The van der Waals surface area contributed by atoms with Gasteiger partial charge in [-0.25, -0.2) is 0 Å². The van der Waals surface area contributed by atoms with Gasteiger partial charge in [0, 0.05) is 23.8 Å². The van der Waals surface area contributed by atoms with Crippen LogP contribution in [0.25, 0.3) is 0 Å². The predicted molar refractivity (Wildman–Crippen MR) is 82.7 cm³/mol. The quantitative estimate of drug-likeness (QED) is 0.784. The van der Waals surface area contributed by atoms with Crippen molar-refractivity contribution >= 4 is 5.91 Å². The number of nitrogens with one attached hydrogen (secondary N) is 1. The van der Waals surface area contributed by atoms with Crippen LogP contribution in [0, 0.1) is 0 Å². The molecule has 0 bridgehead atoms.